The molecule has 0 saturated carbocycles. The van der Waals surface area contributed by atoms with Crippen LogP contribution in [0.5, 0.6) is 0 Å². The molecule has 1 aromatic rings. The first-order chi connectivity index (χ1) is 11.6. The molecule has 0 bridgehead atoms. The zero-order valence-electron chi connectivity index (χ0n) is 15.7. The normalized spacial score (nSPS) is 14.1. The minimum Gasteiger partial charge on any atom is -0.459 e. The van der Waals surface area contributed by atoms with Crippen molar-refractivity contribution in [3.8, 4) is 6.07 Å². The molecule has 0 amide bonds. The van der Waals surface area contributed by atoms with E-state index in [0.717, 1.165) is 5.56 Å². The fraction of sp³-hybridized carbons (Fsp3) is 0.476. The van der Waals surface area contributed by atoms with Crippen molar-refractivity contribution in [2.24, 2.45) is 11.3 Å². The fourth-order valence-corrected chi connectivity index (χ4v) is 2.31. The standard InChI is InChI=1S/C21H27NO3/c1-16(2)13-18(23)11-12-21(15-22,19(24)25-20(3,4)5)14-17-9-7-6-8-10-17/h6-12,16H,13-14H2,1-5H3/b12-11-/t21-/m1/s1. The summed E-state index contributed by atoms with van der Waals surface area (Å²) in [6.45, 7) is 9.15. The number of ketones is 1. The number of nitriles is 1. The van der Waals surface area contributed by atoms with Gasteiger partial charge in [0.1, 0.15) is 5.60 Å². The predicted octanol–water partition coefficient (Wildman–Crippen LogP) is 4.25. The van der Waals surface area contributed by atoms with E-state index in [1.54, 1.807) is 20.8 Å². The molecule has 0 heterocycles. The lowest BCUT2D eigenvalue weighted by Crippen LogP contribution is -2.37. The third kappa shape index (κ3) is 6.93. The van der Waals surface area contributed by atoms with E-state index < -0.39 is 17.0 Å². The number of ether oxygens (including phenoxy) is 1. The fourth-order valence-electron chi connectivity index (χ4n) is 2.31. The van der Waals surface area contributed by atoms with Crippen LogP contribution in [0.4, 0.5) is 0 Å². The van der Waals surface area contributed by atoms with E-state index in [0.29, 0.717) is 6.42 Å². The molecule has 134 valence electrons. The molecule has 0 aromatic heterocycles. The van der Waals surface area contributed by atoms with Crippen LogP contribution in [0, 0.1) is 22.7 Å². The lowest BCUT2D eigenvalue weighted by atomic mass is 9.82. The van der Waals surface area contributed by atoms with E-state index in [1.165, 1.54) is 12.2 Å². The Morgan fingerprint density at radius 3 is 2.28 bits per heavy atom. The van der Waals surface area contributed by atoms with Crippen molar-refractivity contribution in [1.29, 1.82) is 5.26 Å². The molecule has 0 fully saturated rings. The highest BCUT2D eigenvalue weighted by atomic mass is 16.6. The summed E-state index contributed by atoms with van der Waals surface area (Å²) in [5.74, 6) is -0.532. The summed E-state index contributed by atoms with van der Waals surface area (Å²) in [5, 5.41) is 9.79. The molecular weight excluding hydrogens is 314 g/mol. The van der Waals surface area contributed by atoms with Crippen molar-refractivity contribution in [1.82, 2.24) is 0 Å². The Morgan fingerprint density at radius 1 is 1.20 bits per heavy atom. The van der Waals surface area contributed by atoms with Crippen molar-refractivity contribution in [2.45, 2.75) is 53.1 Å². The van der Waals surface area contributed by atoms with Crippen LogP contribution < -0.4 is 0 Å². The minimum absolute atomic E-state index is 0.105. The third-order valence-corrected chi connectivity index (χ3v) is 3.45. The van der Waals surface area contributed by atoms with Gasteiger partial charge in [0.2, 0.25) is 0 Å². The number of hydrogen-bond donors (Lipinski definition) is 0. The molecule has 4 nitrogen and oxygen atoms in total. The van der Waals surface area contributed by atoms with Gasteiger partial charge in [-0.15, -0.1) is 0 Å². The summed E-state index contributed by atoms with van der Waals surface area (Å²) in [6, 6.07) is 11.3. The molecule has 0 spiro atoms. The molecule has 1 rings (SSSR count). The summed E-state index contributed by atoms with van der Waals surface area (Å²) in [5.41, 5.74) is -1.41. The van der Waals surface area contributed by atoms with Crippen LogP contribution in [-0.4, -0.2) is 17.4 Å². The van der Waals surface area contributed by atoms with Crippen LogP contribution >= 0.6 is 0 Å². The second-order valence-electron chi connectivity index (χ2n) is 7.65. The van der Waals surface area contributed by atoms with Crippen LogP contribution in [0.1, 0.15) is 46.6 Å². The summed E-state index contributed by atoms with van der Waals surface area (Å²) < 4.78 is 5.46. The number of carbonyl (C=O) groups excluding carboxylic acids is 2. The predicted molar refractivity (Wildman–Crippen MR) is 97.6 cm³/mol. The first kappa shape index (κ1) is 20.6. The van der Waals surface area contributed by atoms with Gasteiger partial charge in [0.25, 0.3) is 0 Å². The number of carbonyl (C=O) groups is 2. The highest BCUT2D eigenvalue weighted by Crippen LogP contribution is 2.29. The van der Waals surface area contributed by atoms with Gasteiger partial charge in [-0.2, -0.15) is 5.26 Å². The first-order valence-corrected chi connectivity index (χ1v) is 8.49. The summed E-state index contributed by atoms with van der Waals surface area (Å²) in [6.07, 6.45) is 3.28. The number of esters is 1. The number of hydrogen-bond acceptors (Lipinski definition) is 4. The molecule has 1 atom stereocenters. The van der Waals surface area contributed by atoms with Crippen LogP contribution in [0.25, 0.3) is 0 Å². The molecular formula is C21H27NO3. The highest BCUT2D eigenvalue weighted by Gasteiger charge is 2.40. The van der Waals surface area contributed by atoms with Gasteiger partial charge in [-0.3, -0.25) is 4.79 Å². The number of allylic oxidation sites excluding steroid dienone is 1. The Kier molecular flexibility index (Phi) is 7.11. The Hall–Kier alpha value is -2.41. The maximum atomic E-state index is 12.7. The summed E-state index contributed by atoms with van der Waals surface area (Å²) in [7, 11) is 0. The quantitative estimate of drug-likeness (QED) is 0.549. The first-order valence-electron chi connectivity index (χ1n) is 8.49. The zero-order chi connectivity index (χ0) is 19.1. The van der Waals surface area contributed by atoms with Crippen molar-refractivity contribution < 1.29 is 14.3 Å². The minimum atomic E-state index is -1.53. The van der Waals surface area contributed by atoms with E-state index in [1.807, 2.05) is 44.2 Å². The van der Waals surface area contributed by atoms with Crippen LogP contribution in [0.2, 0.25) is 0 Å². The van der Waals surface area contributed by atoms with Gasteiger partial charge in [-0.05, 0) is 44.4 Å². The third-order valence-electron chi connectivity index (χ3n) is 3.45. The van der Waals surface area contributed by atoms with E-state index in [2.05, 4.69) is 6.07 Å². The molecule has 0 aliphatic carbocycles. The summed E-state index contributed by atoms with van der Waals surface area (Å²) in [4.78, 5) is 24.8. The molecule has 0 N–H and O–H groups in total. The zero-order valence-corrected chi connectivity index (χ0v) is 15.7. The molecule has 0 unspecified atom stereocenters. The van der Waals surface area contributed by atoms with Crippen LogP contribution in [0.15, 0.2) is 42.5 Å². The second-order valence-corrected chi connectivity index (χ2v) is 7.65. The van der Waals surface area contributed by atoms with Crippen LogP contribution in [0.3, 0.4) is 0 Å². The maximum Gasteiger partial charge on any atom is 0.331 e. The molecule has 4 heteroatoms. The van der Waals surface area contributed by atoms with E-state index in [-0.39, 0.29) is 18.1 Å². The Labute approximate surface area is 150 Å². The Bertz CT molecular complexity index is 663. The van der Waals surface area contributed by atoms with Gasteiger partial charge in [-0.1, -0.05) is 44.2 Å². The van der Waals surface area contributed by atoms with Gasteiger partial charge in [0, 0.05) is 12.8 Å². The smallest absolute Gasteiger partial charge is 0.331 e. The number of rotatable bonds is 7. The maximum absolute atomic E-state index is 12.7. The van der Waals surface area contributed by atoms with Gasteiger partial charge >= 0.3 is 5.97 Å². The molecule has 0 radical (unpaired) electrons. The summed E-state index contributed by atoms with van der Waals surface area (Å²) >= 11 is 0. The molecule has 0 aliphatic rings. The SMILES string of the molecule is CC(C)CC(=O)/C=C\[C@](C#N)(Cc1ccccc1)C(=O)OC(C)(C)C. The average Bonchev–Trinajstić information content (AvgIpc) is 2.50. The molecule has 0 aliphatic heterocycles. The topological polar surface area (TPSA) is 67.2 Å². The van der Waals surface area contributed by atoms with Crippen molar-refractivity contribution in [2.75, 3.05) is 0 Å². The largest absolute Gasteiger partial charge is 0.459 e. The van der Waals surface area contributed by atoms with E-state index >= 15 is 0 Å². The van der Waals surface area contributed by atoms with Crippen LogP contribution in [-0.2, 0) is 20.7 Å². The van der Waals surface area contributed by atoms with Gasteiger partial charge < -0.3 is 4.74 Å². The molecule has 1 aromatic carbocycles. The second kappa shape index (κ2) is 8.62. The van der Waals surface area contributed by atoms with Gasteiger partial charge in [0.15, 0.2) is 11.2 Å². The average molecular weight is 341 g/mol. The van der Waals surface area contributed by atoms with Gasteiger partial charge in [-0.25, -0.2) is 4.79 Å². The van der Waals surface area contributed by atoms with Crippen molar-refractivity contribution in [3.63, 3.8) is 0 Å². The monoisotopic (exact) mass is 341 g/mol. The lowest BCUT2D eigenvalue weighted by Gasteiger charge is -2.27. The van der Waals surface area contributed by atoms with Crippen molar-refractivity contribution in [3.05, 3.63) is 48.0 Å². The Morgan fingerprint density at radius 2 is 1.80 bits per heavy atom. The molecule has 25 heavy (non-hydrogen) atoms. The highest BCUT2D eigenvalue weighted by molar-refractivity contribution is 5.92. The van der Waals surface area contributed by atoms with E-state index in [9.17, 15) is 14.9 Å². The van der Waals surface area contributed by atoms with E-state index in [4.69, 9.17) is 4.74 Å². The number of nitrogens with zero attached hydrogens (tertiary/aromatic N) is 1. The van der Waals surface area contributed by atoms with Crippen molar-refractivity contribution >= 4 is 11.8 Å². The molecule has 0 saturated heterocycles. The lowest BCUT2D eigenvalue weighted by molar-refractivity contribution is -0.161. The van der Waals surface area contributed by atoms with Gasteiger partial charge in [0.05, 0.1) is 6.07 Å². The Balaban J connectivity index is 3.19. The number of benzene rings is 1.